The summed E-state index contributed by atoms with van der Waals surface area (Å²) in [7, 11) is 0. The van der Waals surface area contributed by atoms with E-state index in [9.17, 15) is 4.79 Å². The van der Waals surface area contributed by atoms with Gasteiger partial charge in [-0.2, -0.15) is 0 Å². The van der Waals surface area contributed by atoms with Gasteiger partial charge in [-0.15, -0.1) is 0 Å². The second kappa shape index (κ2) is 6.15. The van der Waals surface area contributed by atoms with Crippen molar-refractivity contribution in [2.75, 3.05) is 6.54 Å². The van der Waals surface area contributed by atoms with Gasteiger partial charge in [-0.05, 0) is 36.8 Å². The molecule has 0 aliphatic carbocycles. The highest BCUT2D eigenvalue weighted by atomic mass is 16.2. The summed E-state index contributed by atoms with van der Waals surface area (Å²) in [6.45, 7) is 5.00. The number of carbonyl (C=O) groups is 1. The molecule has 0 aromatic carbocycles. The molecule has 2 atom stereocenters. The lowest BCUT2D eigenvalue weighted by atomic mass is 10.0. The van der Waals surface area contributed by atoms with Crippen molar-refractivity contribution < 1.29 is 4.79 Å². The van der Waals surface area contributed by atoms with Crippen molar-refractivity contribution in [1.82, 2.24) is 9.88 Å². The first kappa shape index (κ1) is 14.0. The van der Waals surface area contributed by atoms with Gasteiger partial charge >= 0.3 is 0 Å². The molecule has 0 bridgehead atoms. The lowest BCUT2D eigenvalue weighted by molar-refractivity contribution is -0.133. The van der Waals surface area contributed by atoms with Crippen LogP contribution in [0.4, 0.5) is 0 Å². The van der Waals surface area contributed by atoms with Gasteiger partial charge in [-0.3, -0.25) is 9.78 Å². The lowest BCUT2D eigenvalue weighted by Crippen LogP contribution is -2.44. The standard InChI is InChI=1S/C15H23N3O/c1-11(2)9-13(16)15(19)18-8-4-6-14(18)12-5-3-7-17-10-12/h3,5,7,10-11,13-14H,4,6,8-9,16H2,1-2H3/t13-,14?/m0/s1. The van der Waals surface area contributed by atoms with Crippen molar-refractivity contribution in [2.24, 2.45) is 11.7 Å². The minimum Gasteiger partial charge on any atom is -0.334 e. The normalized spacial score (nSPS) is 20.8. The summed E-state index contributed by atoms with van der Waals surface area (Å²) >= 11 is 0. The quantitative estimate of drug-likeness (QED) is 0.903. The minimum absolute atomic E-state index is 0.0834. The Bertz CT molecular complexity index is 419. The smallest absolute Gasteiger partial charge is 0.240 e. The molecule has 2 heterocycles. The second-order valence-corrected chi connectivity index (χ2v) is 5.71. The molecule has 1 aliphatic heterocycles. The number of pyridine rings is 1. The highest BCUT2D eigenvalue weighted by molar-refractivity contribution is 5.82. The Kier molecular flexibility index (Phi) is 4.53. The maximum absolute atomic E-state index is 12.4. The summed E-state index contributed by atoms with van der Waals surface area (Å²) in [6, 6.07) is 3.73. The molecule has 1 aromatic rings. The molecule has 1 aromatic heterocycles. The first-order chi connectivity index (χ1) is 9.09. The van der Waals surface area contributed by atoms with Crippen molar-refractivity contribution in [3.05, 3.63) is 30.1 Å². The third-order valence-corrected chi connectivity index (χ3v) is 3.65. The Morgan fingerprint density at radius 1 is 1.58 bits per heavy atom. The van der Waals surface area contributed by atoms with Crippen LogP contribution in [0.5, 0.6) is 0 Å². The van der Waals surface area contributed by atoms with Crippen molar-refractivity contribution in [2.45, 2.75) is 45.2 Å². The molecular formula is C15H23N3O. The summed E-state index contributed by atoms with van der Waals surface area (Å²) in [4.78, 5) is 18.5. The first-order valence-electron chi connectivity index (χ1n) is 7.05. The van der Waals surface area contributed by atoms with Crippen LogP contribution in [0.3, 0.4) is 0 Å². The fraction of sp³-hybridized carbons (Fsp3) is 0.600. The maximum atomic E-state index is 12.4. The van der Waals surface area contributed by atoms with Gasteiger partial charge in [-0.1, -0.05) is 19.9 Å². The summed E-state index contributed by atoms with van der Waals surface area (Å²) in [5.74, 6) is 0.526. The average Bonchev–Trinajstić information content (AvgIpc) is 2.87. The number of nitrogens with zero attached hydrogens (tertiary/aromatic N) is 2. The van der Waals surface area contributed by atoms with Gasteiger partial charge in [0.1, 0.15) is 0 Å². The number of rotatable bonds is 4. The van der Waals surface area contributed by atoms with Crippen LogP contribution in [0, 0.1) is 5.92 Å². The zero-order valence-electron chi connectivity index (χ0n) is 11.7. The predicted molar refractivity (Wildman–Crippen MR) is 75.4 cm³/mol. The number of aromatic nitrogens is 1. The van der Waals surface area contributed by atoms with Crippen molar-refractivity contribution in [3.8, 4) is 0 Å². The highest BCUT2D eigenvalue weighted by Gasteiger charge is 2.32. The number of hydrogen-bond donors (Lipinski definition) is 1. The number of carbonyl (C=O) groups excluding carboxylic acids is 1. The van der Waals surface area contributed by atoms with E-state index < -0.39 is 0 Å². The second-order valence-electron chi connectivity index (χ2n) is 5.71. The van der Waals surface area contributed by atoms with E-state index in [0.29, 0.717) is 5.92 Å². The van der Waals surface area contributed by atoms with E-state index in [1.807, 2.05) is 23.2 Å². The fourth-order valence-electron chi connectivity index (χ4n) is 2.77. The van der Waals surface area contributed by atoms with Crippen molar-refractivity contribution in [3.63, 3.8) is 0 Å². The highest BCUT2D eigenvalue weighted by Crippen LogP contribution is 2.32. The van der Waals surface area contributed by atoms with E-state index in [-0.39, 0.29) is 18.0 Å². The Labute approximate surface area is 115 Å². The summed E-state index contributed by atoms with van der Waals surface area (Å²) < 4.78 is 0. The fourth-order valence-corrected chi connectivity index (χ4v) is 2.77. The lowest BCUT2D eigenvalue weighted by Gasteiger charge is -2.28. The minimum atomic E-state index is -0.378. The van der Waals surface area contributed by atoms with Gasteiger partial charge in [0, 0.05) is 18.9 Å². The molecule has 1 saturated heterocycles. The van der Waals surface area contributed by atoms with Crippen molar-refractivity contribution in [1.29, 1.82) is 0 Å². The van der Waals surface area contributed by atoms with Gasteiger partial charge in [0.25, 0.3) is 0 Å². The molecule has 1 aliphatic rings. The molecule has 1 amide bonds. The van der Waals surface area contributed by atoms with E-state index in [4.69, 9.17) is 5.73 Å². The largest absolute Gasteiger partial charge is 0.334 e. The number of amides is 1. The monoisotopic (exact) mass is 261 g/mol. The average molecular weight is 261 g/mol. The van der Waals surface area contributed by atoms with Gasteiger partial charge in [0.15, 0.2) is 0 Å². The van der Waals surface area contributed by atoms with Gasteiger partial charge in [-0.25, -0.2) is 0 Å². The number of likely N-dealkylation sites (tertiary alicyclic amines) is 1. The van der Waals surface area contributed by atoms with Crippen LogP contribution in [-0.4, -0.2) is 28.4 Å². The van der Waals surface area contributed by atoms with E-state index in [1.165, 1.54) is 0 Å². The van der Waals surface area contributed by atoms with E-state index in [2.05, 4.69) is 18.8 Å². The Morgan fingerprint density at radius 2 is 2.37 bits per heavy atom. The van der Waals surface area contributed by atoms with E-state index in [1.54, 1.807) is 6.20 Å². The number of nitrogens with two attached hydrogens (primary N) is 1. The molecule has 2 N–H and O–H groups in total. The maximum Gasteiger partial charge on any atom is 0.240 e. The Morgan fingerprint density at radius 3 is 3.00 bits per heavy atom. The van der Waals surface area contributed by atoms with Crippen LogP contribution in [0.25, 0.3) is 0 Å². The molecule has 19 heavy (non-hydrogen) atoms. The number of hydrogen-bond acceptors (Lipinski definition) is 3. The molecule has 104 valence electrons. The third-order valence-electron chi connectivity index (χ3n) is 3.65. The van der Waals surface area contributed by atoms with Gasteiger partial charge < -0.3 is 10.6 Å². The topological polar surface area (TPSA) is 59.2 Å². The zero-order chi connectivity index (χ0) is 13.8. The molecule has 4 nitrogen and oxygen atoms in total. The summed E-state index contributed by atoms with van der Waals surface area (Å²) in [6.07, 6.45) is 6.40. The van der Waals surface area contributed by atoms with Gasteiger partial charge in [0.05, 0.1) is 12.1 Å². The Hall–Kier alpha value is -1.42. The SMILES string of the molecule is CC(C)C[C@H](N)C(=O)N1CCCC1c1cccnc1. The zero-order valence-corrected chi connectivity index (χ0v) is 11.7. The van der Waals surface area contributed by atoms with E-state index >= 15 is 0 Å². The van der Waals surface area contributed by atoms with Crippen LogP contribution in [0.2, 0.25) is 0 Å². The van der Waals surface area contributed by atoms with Crippen molar-refractivity contribution >= 4 is 5.91 Å². The first-order valence-corrected chi connectivity index (χ1v) is 7.05. The molecule has 2 rings (SSSR count). The summed E-state index contributed by atoms with van der Waals surface area (Å²) in [5.41, 5.74) is 7.15. The molecule has 0 saturated carbocycles. The van der Waals surface area contributed by atoms with Crippen LogP contribution >= 0.6 is 0 Å². The van der Waals surface area contributed by atoms with Crippen LogP contribution in [0.1, 0.15) is 44.7 Å². The molecule has 4 heteroatoms. The van der Waals surface area contributed by atoms with Crippen LogP contribution < -0.4 is 5.73 Å². The Balaban J connectivity index is 2.08. The molecule has 0 spiro atoms. The van der Waals surface area contributed by atoms with Crippen LogP contribution in [0.15, 0.2) is 24.5 Å². The molecular weight excluding hydrogens is 238 g/mol. The van der Waals surface area contributed by atoms with E-state index in [0.717, 1.165) is 31.4 Å². The van der Waals surface area contributed by atoms with Gasteiger partial charge in [0.2, 0.25) is 5.91 Å². The molecule has 0 radical (unpaired) electrons. The molecule has 1 fully saturated rings. The predicted octanol–water partition coefficient (Wildman–Crippen LogP) is 2.12. The molecule has 1 unspecified atom stereocenters. The van der Waals surface area contributed by atoms with Crippen LogP contribution in [-0.2, 0) is 4.79 Å². The summed E-state index contributed by atoms with van der Waals surface area (Å²) in [5, 5.41) is 0. The third kappa shape index (κ3) is 3.32.